The molecule has 0 atom stereocenters. The van der Waals surface area contributed by atoms with Gasteiger partial charge in [-0.05, 0) is 39.2 Å². The van der Waals surface area contributed by atoms with Gasteiger partial charge in [0.2, 0.25) is 0 Å². The summed E-state index contributed by atoms with van der Waals surface area (Å²) in [6.45, 7) is 14.4. The van der Waals surface area contributed by atoms with Crippen molar-refractivity contribution in [2.45, 2.75) is 72.6 Å². The molecule has 0 unspecified atom stereocenters. The van der Waals surface area contributed by atoms with Crippen molar-refractivity contribution in [3.63, 3.8) is 0 Å². The quantitative estimate of drug-likeness (QED) is 0.242. The molecule has 14 heteroatoms. The maximum absolute atomic E-state index is 12.5. The Kier molecular flexibility index (Phi) is 17.7. The van der Waals surface area contributed by atoms with E-state index in [0.717, 1.165) is 26.3 Å². The molecule has 0 radical (unpaired) electrons. The van der Waals surface area contributed by atoms with E-state index < -0.39 is 30.8 Å². The Morgan fingerprint density at radius 3 is 1.85 bits per heavy atom. The molecule has 1 aliphatic rings. The Balaban J connectivity index is 0.000000971. The first kappa shape index (κ1) is 38.0. The second kappa shape index (κ2) is 19.2. The average molecular weight is 586 g/mol. The smallest absolute Gasteiger partial charge is 0.625 e. The molecule has 0 aromatic heterocycles. The Labute approximate surface area is 264 Å². The molecule has 0 spiro atoms. The van der Waals surface area contributed by atoms with E-state index in [0.29, 0.717) is 32.5 Å². The molecule has 41 heavy (non-hydrogen) atoms. The fraction of sp³-hybridized carbons (Fsp3) is 0.519. The van der Waals surface area contributed by atoms with Crippen molar-refractivity contribution in [2.24, 2.45) is 0 Å². The molecule has 0 bridgehead atoms. The monoisotopic (exact) mass is 586 g/mol. The maximum atomic E-state index is 12.5. The summed E-state index contributed by atoms with van der Waals surface area (Å²) >= 11 is 0. The van der Waals surface area contributed by atoms with Crippen LogP contribution >= 0.6 is 0 Å². The van der Waals surface area contributed by atoms with Crippen LogP contribution < -0.4 is 29.6 Å². The molecule has 2 amide bonds. The van der Waals surface area contributed by atoms with Crippen LogP contribution in [0, 0.1) is 0 Å². The molecule has 222 valence electrons. The van der Waals surface area contributed by atoms with Gasteiger partial charge in [-0.2, -0.15) is 0 Å². The van der Waals surface area contributed by atoms with Crippen molar-refractivity contribution >= 4 is 37.4 Å². The van der Waals surface area contributed by atoms with Gasteiger partial charge in [-0.15, -0.1) is 6.58 Å². The average Bonchev–Trinajstić information content (AvgIpc) is 2.84. The molecular weight excluding hydrogens is 546 g/mol. The molecule has 1 aromatic rings. The second-order valence-electron chi connectivity index (χ2n) is 9.94. The summed E-state index contributed by atoms with van der Waals surface area (Å²) in [4.78, 5) is 59.4. The topological polar surface area (TPSA) is 138 Å². The standard InChI is InChI=1S/C21H30N2O4.C6H10BO6.Na/c1-5-13-23(20(25)27-21(2,3)4)18-11-14-22(15-12-18)19(24)26-16-17-9-7-6-8-10-17;1-4(8)11-7(12-5(2)9)13-6(3)10;/h5-10,18H,1,11-16H2,2-4H3;7H,1-3H3;/q;-1;+1. The first-order valence-corrected chi connectivity index (χ1v) is 13.0. The van der Waals surface area contributed by atoms with Gasteiger partial charge in [0.25, 0.3) is 17.9 Å². The summed E-state index contributed by atoms with van der Waals surface area (Å²) in [6.07, 6.45) is 2.42. The fourth-order valence-corrected chi connectivity index (χ4v) is 3.59. The van der Waals surface area contributed by atoms with Gasteiger partial charge in [-0.25, -0.2) is 9.59 Å². The van der Waals surface area contributed by atoms with E-state index >= 15 is 0 Å². The summed E-state index contributed by atoms with van der Waals surface area (Å²) in [5, 5.41) is 0. The predicted molar refractivity (Wildman–Crippen MR) is 147 cm³/mol. The van der Waals surface area contributed by atoms with Crippen molar-refractivity contribution in [3.8, 4) is 0 Å². The molecule has 0 N–H and O–H groups in total. The summed E-state index contributed by atoms with van der Waals surface area (Å²) < 4.78 is 24.2. The molecule has 12 nitrogen and oxygen atoms in total. The number of ether oxygens (including phenoxy) is 2. The largest absolute Gasteiger partial charge is 1.00 e. The minimum Gasteiger partial charge on any atom is -0.625 e. The zero-order valence-corrected chi connectivity index (χ0v) is 27.2. The van der Waals surface area contributed by atoms with E-state index in [1.165, 1.54) is 0 Å². The number of hydrogen-bond donors (Lipinski definition) is 0. The van der Waals surface area contributed by atoms with Crippen LogP contribution in [0.4, 0.5) is 9.59 Å². The predicted octanol–water partition coefficient (Wildman–Crippen LogP) is 0.608. The Morgan fingerprint density at radius 2 is 1.44 bits per heavy atom. The van der Waals surface area contributed by atoms with Crippen LogP contribution in [0.2, 0.25) is 0 Å². The van der Waals surface area contributed by atoms with Gasteiger partial charge >= 0.3 is 49.1 Å². The van der Waals surface area contributed by atoms with Crippen LogP contribution in [-0.2, 0) is 44.4 Å². The van der Waals surface area contributed by atoms with Crippen LogP contribution in [0.15, 0.2) is 43.0 Å². The number of likely N-dealkylation sites (tertiary alicyclic amines) is 1. The van der Waals surface area contributed by atoms with Crippen molar-refractivity contribution in [3.05, 3.63) is 48.6 Å². The van der Waals surface area contributed by atoms with Crippen molar-refractivity contribution in [2.75, 3.05) is 19.6 Å². The van der Waals surface area contributed by atoms with Gasteiger partial charge in [0.1, 0.15) is 12.2 Å². The molecule has 2 rings (SSSR count). The number of hydrogen-bond acceptors (Lipinski definition) is 10. The molecular formula is C27H40BN2NaO10. The molecule has 1 aliphatic heterocycles. The van der Waals surface area contributed by atoms with Gasteiger partial charge in [-0.1, -0.05) is 36.4 Å². The van der Waals surface area contributed by atoms with Crippen LogP contribution in [0.3, 0.4) is 0 Å². The number of amides is 2. The van der Waals surface area contributed by atoms with E-state index in [9.17, 15) is 24.0 Å². The fourth-order valence-electron chi connectivity index (χ4n) is 3.59. The number of carbonyl (C=O) groups is 5. The molecule has 1 heterocycles. The van der Waals surface area contributed by atoms with E-state index in [1.807, 2.05) is 51.1 Å². The van der Waals surface area contributed by atoms with Gasteiger partial charge < -0.3 is 33.2 Å². The Hall–Kier alpha value is -3.03. The Morgan fingerprint density at radius 1 is 0.951 bits per heavy atom. The van der Waals surface area contributed by atoms with E-state index in [1.54, 1.807) is 15.9 Å². The summed E-state index contributed by atoms with van der Waals surface area (Å²) in [6, 6.07) is 9.63. The SMILES string of the molecule is C=CCN(C(=O)OC(C)(C)C)C1CCN(C(=O)OCc2ccccc2)CC1.CC(=O)O[BH-](OC(C)=O)OC(C)=O.[Na+]. The maximum Gasteiger partial charge on any atom is 1.00 e. The zero-order chi connectivity index (χ0) is 30.3. The molecule has 0 aliphatic carbocycles. The number of benzene rings is 1. The number of carbonyl (C=O) groups excluding carboxylic acids is 5. The van der Waals surface area contributed by atoms with E-state index in [4.69, 9.17) is 9.47 Å². The third kappa shape index (κ3) is 16.7. The minimum atomic E-state index is -2.41. The summed E-state index contributed by atoms with van der Waals surface area (Å²) in [5.41, 5.74) is 0.418. The summed E-state index contributed by atoms with van der Waals surface area (Å²) in [7, 11) is -2.41. The number of piperidine rings is 1. The van der Waals surface area contributed by atoms with Crippen LogP contribution in [-0.4, -0.2) is 78.5 Å². The summed E-state index contributed by atoms with van der Waals surface area (Å²) in [5.74, 6) is -2.03. The zero-order valence-electron chi connectivity index (χ0n) is 25.2. The van der Waals surface area contributed by atoms with E-state index in [-0.39, 0.29) is 54.4 Å². The first-order chi connectivity index (χ1) is 18.7. The van der Waals surface area contributed by atoms with Gasteiger partial charge in [0.05, 0.1) is 0 Å². The van der Waals surface area contributed by atoms with E-state index in [2.05, 4.69) is 20.5 Å². The van der Waals surface area contributed by atoms with Gasteiger partial charge in [0.15, 0.2) is 0 Å². The van der Waals surface area contributed by atoms with Gasteiger partial charge in [0, 0.05) is 46.4 Å². The van der Waals surface area contributed by atoms with Crippen molar-refractivity contribution in [1.29, 1.82) is 0 Å². The second-order valence-corrected chi connectivity index (χ2v) is 9.94. The minimum absolute atomic E-state index is 0. The van der Waals surface area contributed by atoms with Crippen LogP contribution in [0.25, 0.3) is 0 Å². The molecule has 1 saturated heterocycles. The van der Waals surface area contributed by atoms with Crippen LogP contribution in [0.1, 0.15) is 59.9 Å². The molecule has 1 aromatic carbocycles. The van der Waals surface area contributed by atoms with Crippen molar-refractivity contribution in [1.82, 2.24) is 9.80 Å². The third-order valence-electron chi connectivity index (χ3n) is 5.29. The van der Waals surface area contributed by atoms with Gasteiger partial charge in [-0.3, -0.25) is 14.4 Å². The normalized spacial score (nSPS) is 12.9. The van der Waals surface area contributed by atoms with Crippen LogP contribution in [0.5, 0.6) is 0 Å². The third-order valence-corrected chi connectivity index (χ3v) is 5.29. The Bertz CT molecular complexity index is 973. The molecule has 0 saturated carbocycles. The number of rotatable bonds is 8. The number of nitrogens with zero attached hydrogens (tertiary/aromatic N) is 2. The van der Waals surface area contributed by atoms with Crippen molar-refractivity contribution < 1.29 is 77.0 Å². The molecule has 1 fully saturated rings. The first-order valence-electron chi connectivity index (χ1n) is 13.0.